The minimum Gasteiger partial charge on any atom is -0.481 e. The van der Waals surface area contributed by atoms with E-state index in [1.54, 1.807) is 0 Å². The molecule has 0 radical (unpaired) electrons. The smallest absolute Gasteiger partial charge is 0.311 e. The van der Waals surface area contributed by atoms with Gasteiger partial charge in [0.05, 0.1) is 23.5 Å². The van der Waals surface area contributed by atoms with Gasteiger partial charge in [-0.2, -0.15) is 0 Å². The molecular weight excluding hydrogens is 614 g/mol. The Kier molecular flexibility index (Phi) is 9.07. The molecule has 8 rings (SSSR count). The molecule has 0 aromatic heterocycles. The number of ether oxygens (including phenoxy) is 1. The fourth-order valence-electron chi connectivity index (χ4n) is 14.8. The van der Waals surface area contributed by atoms with Crippen LogP contribution in [0, 0.1) is 69.5 Å². The minimum atomic E-state index is -1.05. The van der Waals surface area contributed by atoms with Crippen molar-refractivity contribution in [1.82, 2.24) is 14.7 Å². The molecule has 274 valence electrons. The number of aliphatic carboxylic acids is 1. The highest BCUT2D eigenvalue weighted by Gasteiger charge is 2.88. The van der Waals surface area contributed by atoms with Crippen LogP contribution >= 0.6 is 0 Å². The molecule has 12 atom stereocenters. The van der Waals surface area contributed by atoms with Gasteiger partial charge in [0.2, 0.25) is 5.91 Å². The monoisotopic (exact) mass is 679 g/mol. The van der Waals surface area contributed by atoms with E-state index in [1.165, 1.54) is 38.4 Å². The lowest BCUT2D eigenvalue weighted by atomic mass is 9.40. The number of amides is 1. The maximum absolute atomic E-state index is 14.3. The molecule has 8 fully saturated rings. The number of likely N-dealkylation sites (tertiary alicyclic amines) is 1. The predicted molar refractivity (Wildman–Crippen MR) is 189 cm³/mol. The molecule has 1 N–H and O–H groups in total. The number of likely N-dealkylation sites (N-methyl/N-ethyl adjacent to an activating group) is 1. The minimum absolute atomic E-state index is 0.00479. The van der Waals surface area contributed by atoms with Crippen molar-refractivity contribution < 1.29 is 24.2 Å². The van der Waals surface area contributed by atoms with E-state index in [2.05, 4.69) is 42.5 Å². The number of carboxylic acids is 1. The number of aldehydes is 1. The van der Waals surface area contributed by atoms with Crippen molar-refractivity contribution in [3.8, 4) is 0 Å². The second-order valence-electron chi connectivity index (χ2n) is 19.1. The standard InChI is InChI=1S/C41H65N3O5/c1-26(2)34-20-31-21-39(25-45)33-12-11-27(3)32(33)22-40(31,41(34,39)38(47)48)36-19-30(18-28-8-5-6-9-28)35(49-36)24-43-13-7-10-29(23-43)37(46)44-16-14-42(4)15-17-44/h25-36H,5-24H2,1-4H3,(H,47,48)/t27-,29?,30?,31?,32-,33-,34?,35?,36?,39?,40?,41+/m1/s1. The van der Waals surface area contributed by atoms with Gasteiger partial charge in [-0.3, -0.25) is 14.5 Å². The third kappa shape index (κ3) is 5.01. The van der Waals surface area contributed by atoms with Crippen LogP contribution in [0.4, 0.5) is 0 Å². The summed E-state index contributed by atoms with van der Waals surface area (Å²) in [5, 5.41) is 11.7. The molecule has 49 heavy (non-hydrogen) atoms. The van der Waals surface area contributed by atoms with Crippen LogP contribution in [-0.4, -0.2) is 103 Å². The molecule has 8 nitrogen and oxygen atoms in total. The van der Waals surface area contributed by atoms with Gasteiger partial charge in [-0.15, -0.1) is 0 Å². The van der Waals surface area contributed by atoms with Gasteiger partial charge in [0, 0.05) is 50.1 Å². The molecule has 4 bridgehead atoms. The van der Waals surface area contributed by atoms with Crippen molar-refractivity contribution in [3.63, 3.8) is 0 Å². The summed E-state index contributed by atoms with van der Waals surface area (Å²) in [6.07, 6.45) is 15.2. The van der Waals surface area contributed by atoms with Crippen LogP contribution in [-0.2, 0) is 19.1 Å². The van der Waals surface area contributed by atoms with Gasteiger partial charge in [0.15, 0.2) is 0 Å². The van der Waals surface area contributed by atoms with Gasteiger partial charge in [0.25, 0.3) is 0 Å². The Bertz CT molecular complexity index is 1280. The lowest BCUT2D eigenvalue weighted by molar-refractivity contribution is -0.215. The fraction of sp³-hybridized carbons (Fsp3) is 0.927. The SMILES string of the molecule is CC(C)C1CC2CC3(C=O)[C@@H]4CC[C@@H](C)[C@H]4CC2(C2CC(CC4CCCC4)C(CN4CCCC(C(=O)N5CCN(C)CC5)C4)O2)[C@]13C(=O)O. The number of carboxylic acid groups (broad SMARTS) is 1. The molecule has 8 unspecified atom stereocenters. The van der Waals surface area contributed by atoms with Gasteiger partial charge >= 0.3 is 5.97 Å². The number of fused-ring (bicyclic) bond motifs is 2. The Labute approximate surface area is 295 Å². The normalized spacial score (nSPS) is 47.3. The van der Waals surface area contributed by atoms with E-state index in [-0.39, 0.29) is 41.8 Å². The third-order valence-electron chi connectivity index (χ3n) is 16.8. The van der Waals surface area contributed by atoms with Crippen molar-refractivity contribution >= 4 is 18.2 Å². The van der Waals surface area contributed by atoms with Crippen LogP contribution < -0.4 is 0 Å². The van der Waals surface area contributed by atoms with E-state index in [0.29, 0.717) is 23.7 Å². The van der Waals surface area contributed by atoms with E-state index in [9.17, 15) is 19.5 Å². The zero-order chi connectivity index (χ0) is 34.3. The first-order valence-electron chi connectivity index (χ1n) is 20.6. The third-order valence-corrected chi connectivity index (χ3v) is 16.8. The average Bonchev–Trinajstić information content (AvgIpc) is 3.91. The quantitative estimate of drug-likeness (QED) is 0.307. The van der Waals surface area contributed by atoms with Gasteiger partial charge < -0.3 is 24.4 Å². The number of nitrogens with zero attached hydrogens (tertiary/aromatic N) is 3. The van der Waals surface area contributed by atoms with Crippen molar-refractivity contribution in [2.45, 2.75) is 116 Å². The van der Waals surface area contributed by atoms with E-state index in [0.717, 1.165) is 103 Å². The summed E-state index contributed by atoms with van der Waals surface area (Å²) in [4.78, 5) is 48.6. The Morgan fingerprint density at radius 3 is 2.41 bits per heavy atom. The topological polar surface area (TPSA) is 90.4 Å². The maximum atomic E-state index is 14.3. The number of hydrogen-bond donors (Lipinski definition) is 1. The van der Waals surface area contributed by atoms with Crippen molar-refractivity contribution in [2.75, 3.05) is 52.9 Å². The molecule has 3 aliphatic heterocycles. The fourth-order valence-corrected chi connectivity index (χ4v) is 14.8. The van der Waals surface area contributed by atoms with Crippen LogP contribution in [0.3, 0.4) is 0 Å². The van der Waals surface area contributed by atoms with Gasteiger partial charge in [0.1, 0.15) is 6.29 Å². The zero-order valence-corrected chi connectivity index (χ0v) is 31.0. The number of carbonyl (C=O) groups excluding carboxylic acids is 2. The summed E-state index contributed by atoms with van der Waals surface area (Å²) in [7, 11) is 2.14. The molecule has 8 aliphatic rings. The maximum Gasteiger partial charge on any atom is 0.311 e. The molecular formula is C41H65N3O5. The summed E-state index contributed by atoms with van der Waals surface area (Å²) < 4.78 is 7.51. The summed E-state index contributed by atoms with van der Waals surface area (Å²) >= 11 is 0. The second kappa shape index (κ2) is 12.9. The van der Waals surface area contributed by atoms with Crippen LogP contribution in [0.25, 0.3) is 0 Å². The van der Waals surface area contributed by atoms with Crippen molar-refractivity contribution in [2.24, 2.45) is 69.5 Å². The largest absolute Gasteiger partial charge is 0.481 e. The molecule has 0 spiro atoms. The lowest BCUT2D eigenvalue weighted by Crippen LogP contribution is -2.66. The Morgan fingerprint density at radius 2 is 1.71 bits per heavy atom. The number of piperidine rings is 1. The van der Waals surface area contributed by atoms with Crippen LogP contribution in [0.2, 0.25) is 0 Å². The molecule has 0 aromatic carbocycles. The number of hydrogen-bond acceptors (Lipinski definition) is 6. The molecule has 3 saturated heterocycles. The number of piperazine rings is 1. The number of rotatable bonds is 9. The van der Waals surface area contributed by atoms with Crippen LogP contribution in [0.15, 0.2) is 0 Å². The molecule has 8 heteroatoms. The summed E-state index contributed by atoms with van der Waals surface area (Å²) in [5.41, 5.74) is -2.32. The first-order chi connectivity index (χ1) is 23.6. The molecule has 1 amide bonds. The van der Waals surface area contributed by atoms with Crippen LogP contribution in [0.1, 0.15) is 104 Å². The average molecular weight is 680 g/mol. The van der Waals surface area contributed by atoms with E-state index >= 15 is 0 Å². The highest BCUT2D eigenvalue weighted by atomic mass is 16.5. The number of carbonyl (C=O) groups is 3. The zero-order valence-electron chi connectivity index (χ0n) is 31.0. The first-order valence-corrected chi connectivity index (χ1v) is 20.6. The van der Waals surface area contributed by atoms with Gasteiger partial charge in [-0.25, -0.2) is 0 Å². The molecule has 5 aliphatic carbocycles. The second-order valence-corrected chi connectivity index (χ2v) is 19.1. The Morgan fingerprint density at radius 1 is 0.959 bits per heavy atom. The highest BCUT2D eigenvalue weighted by Crippen LogP contribution is 2.86. The molecule has 0 aromatic rings. The van der Waals surface area contributed by atoms with Crippen molar-refractivity contribution in [3.05, 3.63) is 0 Å². The summed E-state index contributed by atoms with van der Waals surface area (Å²) in [5.74, 6) is 2.41. The summed E-state index contributed by atoms with van der Waals surface area (Å²) in [6.45, 7) is 13.0. The van der Waals surface area contributed by atoms with Crippen LogP contribution in [0.5, 0.6) is 0 Å². The van der Waals surface area contributed by atoms with E-state index in [4.69, 9.17) is 4.74 Å². The van der Waals surface area contributed by atoms with Crippen molar-refractivity contribution in [1.29, 1.82) is 0 Å². The molecule has 5 saturated carbocycles. The Hall–Kier alpha value is -1.51. The molecule has 3 heterocycles. The van der Waals surface area contributed by atoms with Gasteiger partial charge in [-0.05, 0) is 112 Å². The lowest BCUT2D eigenvalue weighted by Gasteiger charge is -2.61. The van der Waals surface area contributed by atoms with E-state index in [1.807, 2.05) is 0 Å². The first kappa shape index (κ1) is 34.6. The Balaban J connectivity index is 1.10. The van der Waals surface area contributed by atoms with Gasteiger partial charge in [-0.1, -0.05) is 52.9 Å². The summed E-state index contributed by atoms with van der Waals surface area (Å²) in [6, 6.07) is 0. The van der Waals surface area contributed by atoms with E-state index < -0.39 is 22.2 Å². The predicted octanol–water partition coefficient (Wildman–Crippen LogP) is 5.83. The highest BCUT2D eigenvalue weighted by molar-refractivity contribution is 5.86.